The molecule has 0 saturated carbocycles. The van der Waals surface area contributed by atoms with Crippen LogP contribution in [0.4, 0.5) is 0 Å². The van der Waals surface area contributed by atoms with Crippen molar-refractivity contribution >= 4 is 18.5 Å². The molecule has 1 fully saturated rings. The Hall–Kier alpha value is -1.08. The molecule has 1 aliphatic heterocycles. The largest absolute Gasteiger partial charge is 0.394 e. The molecule has 1 amide bonds. The van der Waals surface area contributed by atoms with Gasteiger partial charge in [-0.25, -0.2) is 0 Å². The van der Waals surface area contributed by atoms with E-state index in [2.05, 4.69) is 17.5 Å². The number of piperazine rings is 1. The van der Waals surface area contributed by atoms with E-state index in [1.54, 1.807) is 0 Å². The third-order valence-electron chi connectivity index (χ3n) is 3.58. The molecule has 6 heteroatoms. The highest BCUT2D eigenvalue weighted by atomic mass is 32.1. The number of benzene rings is 1. The first kappa shape index (κ1) is 16.3. The molecule has 2 rings (SSSR count). The number of ether oxygens (including phenoxy) is 1. The molecule has 0 spiro atoms. The van der Waals surface area contributed by atoms with Crippen LogP contribution >= 0.6 is 12.6 Å². The van der Waals surface area contributed by atoms with Gasteiger partial charge in [0, 0.05) is 37.6 Å². The Morgan fingerprint density at radius 2 is 1.90 bits per heavy atom. The molecular formula is C15H22N2O3S. The van der Waals surface area contributed by atoms with Crippen LogP contribution in [-0.4, -0.2) is 73.4 Å². The second-order valence-electron chi connectivity index (χ2n) is 4.99. The molecule has 0 aromatic heterocycles. The number of thiol groups is 1. The second kappa shape index (κ2) is 8.38. The molecule has 1 N–H and O–H groups in total. The van der Waals surface area contributed by atoms with E-state index in [-0.39, 0.29) is 12.5 Å². The summed E-state index contributed by atoms with van der Waals surface area (Å²) in [7, 11) is 0. The molecular weight excluding hydrogens is 288 g/mol. The average molecular weight is 310 g/mol. The Balaban J connectivity index is 1.78. The molecule has 0 aliphatic carbocycles. The fourth-order valence-corrected chi connectivity index (χ4v) is 2.62. The van der Waals surface area contributed by atoms with Crippen LogP contribution in [0.15, 0.2) is 29.2 Å². The van der Waals surface area contributed by atoms with Gasteiger partial charge in [-0.05, 0) is 12.1 Å². The molecule has 5 nitrogen and oxygen atoms in total. The van der Waals surface area contributed by atoms with Crippen molar-refractivity contribution in [1.82, 2.24) is 9.80 Å². The van der Waals surface area contributed by atoms with Gasteiger partial charge in [0.05, 0.1) is 25.4 Å². The summed E-state index contributed by atoms with van der Waals surface area (Å²) >= 11 is 4.35. The van der Waals surface area contributed by atoms with Crippen molar-refractivity contribution in [2.45, 2.75) is 4.90 Å². The molecule has 116 valence electrons. The van der Waals surface area contributed by atoms with Crippen LogP contribution in [0.3, 0.4) is 0 Å². The Bertz CT molecular complexity index is 462. The molecule has 0 atom stereocenters. The summed E-state index contributed by atoms with van der Waals surface area (Å²) in [4.78, 5) is 17.3. The molecule has 1 saturated heterocycles. The highest BCUT2D eigenvalue weighted by Crippen LogP contribution is 2.16. The summed E-state index contributed by atoms with van der Waals surface area (Å²) in [6.45, 7) is 5.05. The normalized spacial score (nSPS) is 16.2. The van der Waals surface area contributed by atoms with Gasteiger partial charge in [-0.2, -0.15) is 0 Å². The quantitative estimate of drug-likeness (QED) is 0.601. The van der Waals surface area contributed by atoms with Gasteiger partial charge >= 0.3 is 0 Å². The lowest BCUT2D eigenvalue weighted by molar-refractivity contribution is 0.0484. The zero-order valence-corrected chi connectivity index (χ0v) is 13.0. The van der Waals surface area contributed by atoms with Gasteiger partial charge in [-0.1, -0.05) is 12.1 Å². The van der Waals surface area contributed by atoms with Gasteiger partial charge in [0.15, 0.2) is 0 Å². The fourth-order valence-electron chi connectivity index (χ4n) is 2.36. The number of carbonyl (C=O) groups excluding carboxylic acids is 1. The van der Waals surface area contributed by atoms with E-state index in [1.807, 2.05) is 29.2 Å². The maximum atomic E-state index is 12.4. The van der Waals surface area contributed by atoms with Crippen molar-refractivity contribution in [2.75, 3.05) is 52.5 Å². The summed E-state index contributed by atoms with van der Waals surface area (Å²) < 4.78 is 5.26. The Labute approximate surface area is 130 Å². The minimum absolute atomic E-state index is 0.0526. The third kappa shape index (κ3) is 4.71. The number of hydrogen-bond donors (Lipinski definition) is 2. The van der Waals surface area contributed by atoms with Gasteiger partial charge in [0.1, 0.15) is 0 Å². The van der Waals surface area contributed by atoms with Crippen LogP contribution in [0.2, 0.25) is 0 Å². The van der Waals surface area contributed by atoms with Crippen molar-refractivity contribution in [2.24, 2.45) is 0 Å². The molecule has 0 radical (unpaired) electrons. The number of carbonyl (C=O) groups is 1. The smallest absolute Gasteiger partial charge is 0.255 e. The van der Waals surface area contributed by atoms with Crippen LogP contribution < -0.4 is 0 Å². The first-order valence-corrected chi connectivity index (χ1v) is 7.65. The van der Waals surface area contributed by atoms with E-state index in [0.717, 1.165) is 37.6 Å². The predicted molar refractivity (Wildman–Crippen MR) is 83.9 cm³/mol. The Kier molecular flexibility index (Phi) is 6.50. The zero-order valence-electron chi connectivity index (χ0n) is 12.1. The average Bonchev–Trinajstić information content (AvgIpc) is 2.52. The fraction of sp³-hybridized carbons (Fsp3) is 0.533. The summed E-state index contributed by atoms with van der Waals surface area (Å²) in [6, 6.07) is 7.40. The van der Waals surface area contributed by atoms with Gasteiger partial charge in [0.25, 0.3) is 5.91 Å². The molecule has 1 aliphatic rings. The monoisotopic (exact) mass is 310 g/mol. The summed E-state index contributed by atoms with van der Waals surface area (Å²) in [6.07, 6.45) is 0. The van der Waals surface area contributed by atoms with Gasteiger partial charge in [0.2, 0.25) is 0 Å². The molecule has 1 aromatic carbocycles. The zero-order chi connectivity index (χ0) is 15.1. The van der Waals surface area contributed by atoms with Crippen LogP contribution in [0, 0.1) is 0 Å². The second-order valence-corrected chi connectivity index (χ2v) is 5.47. The first-order chi connectivity index (χ1) is 10.2. The van der Waals surface area contributed by atoms with E-state index in [1.165, 1.54) is 0 Å². The number of nitrogens with zero attached hydrogens (tertiary/aromatic N) is 2. The lowest BCUT2D eigenvalue weighted by atomic mass is 10.2. The van der Waals surface area contributed by atoms with Gasteiger partial charge in [-0.3, -0.25) is 9.69 Å². The van der Waals surface area contributed by atoms with Gasteiger partial charge in [-0.15, -0.1) is 12.6 Å². The molecule has 0 bridgehead atoms. The molecule has 1 aromatic rings. The maximum Gasteiger partial charge on any atom is 0.255 e. The van der Waals surface area contributed by atoms with Crippen molar-refractivity contribution in [1.29, 1.82) is 0 Å². The lowest BCUT2D eigenvalue weighted by Crippen LogP contribution is -2.49. The molecule has 0 unspecified atom stereocenters. The number of aliphatic hydroxyl groups excluding tert-OH is 1. The maximum absolute atomic E-state index is 12.4. The van der Waals surface area contributed by atoms with E-state index >= 15 is 0 Å². The van der Waals surface area contributed by atoms with E-state index in [9.17, 15) is 4.79 Å². The number of amides is 1. The SMILES string of the molecule is O=C(c1ccccc1S)N1CCN(CCOCCO)CC1. The Morgan fingerprint density at radius 1 is 1.19 bits per heavy atom. The van der Waals surface area contributed by atoms with Crippen molar-refractivity contribution < 1.29 is 14.6 Å². The first-order valence-electron chi connectivity index (χ1n) is 7.20. The standard InChI is InChI=1S/C15H22N2O3S/c18-10-12-20-11-9-16-5-7-17(8-6-16)15(19)13-3-1-2-4-14(13)21/h1-4,18,21H,5-12H2. The molecule has 21 heavy (non-hydrogen) atoms. The van der Waals surface area contributed by atoms with Crippen molar-refractivity contribution in [3.8, 4) is 0 Å². The topological polar surface area (TPSA) is 53.0 Å². The van der Waals surface area contributed by atoms with Crippen LogP contribution in [-0.2, 0) is 4.74 Å². The number of rotatable bonds is 6. The molecule has 1 heterocycles. The van der Waals surface area contributed by atoms with Gasteiger partial charge < -0.3 is 14.7 Å². The van der Waals surface area contributed by atoms with E-state index in [4.69, 9.17) is 9.84 Å². The summed E-state index contributed by atoms with van der Waals surface area (Å²) in [5, 5.41) is 8.64. The van der Waals surface area contributed by atoms with Crippen LogP contribution in [0.5, 0.6) is 0 Å². The van der Waals surface area contributed by atoms with E-state index < -0.39 is 0 Å². The number of aliphatic hydroxyl groups is 1. The van der Waals surface area contributed by atoms with Crippen molar-refractivity contribution in [3.05, 3.63) is 29.8 Å². The Morgan fingerprint density at radius 3 is 2.57 bits per heavy atom. The highest BCUT2D eigenvalue weighted by molar-refractivity contribution is 7.80. The highest BCUT2D eigenvalue weighted by Gasteiger charge is 2.22. The van der Waals surface area contributed by atoms with Crippen LogP contribution in [0.25, 0.3) is 0 Å². The number of hydrogen-bond acceptors (Lipinski definition) is 5. The summed E-state index contributed by atoms with van der Waals surface area (Å²) in [5.74, 6) is 0.0526. The lowest BCUT2D eigenvalue weighted by Gasteiger charge is -2.34. The van der Waals surface area contributed by atoms with E-state index in [0.29, 0.717) is 18.8 Å². The third-order valence-corrected chi connectivity index (χ3v) is 3.97. The summed E-state index contributed by atoms with van der Waals surface area (Å²) in [5.41, 5.74) is 0.667. The van der Waals surface area contributed by atoms with Crippen LogP contribution in [0.1, 0.15) is 10.4 Å². The minimum atomic E-state index is 0.0526. The van der Waals surface area contributed by atoms with Crippen molar-refractivity contribution in [3.63, 3.8) is 0 Å². The minimum Gasteiger partial charge on any atom is -0.394 e. The predicted octanol–water partition coefficient (Wildman–Crippen LogP) is 0.742.